The van der Waals surface area contributed by atoms with Crippen molar-refractivity contribution in [1.29, 1.82) is 0 Å². The first-order valence-electron chi connectivity index (χ1n) is 11.1. The van der Waals surface area contributed by atoms with Crippen molar-refractivity contribution >= 4 is 11.1 Å². The summed E-state index contributed by atoms with van der Waals surface area (Å²) in [6, 6.07) is 27.7. The van der Waals surface area contributed by atoms with Crippen molar-refractivity contribution in [3.05, 3.63) is 108 Å². The van der Waals surface area contributed by atoms with Crippen LogP contribution in [0, 0.1) is 10.8 Å². The molecule has 0 bridgehead atoms. The van der Waals surface area contributed by atoms with Gasteiger partial charge in [0.1, 0.15) is 11.5 Å². The Kier molecular flexibility index (Phi) is 5.97. The number of hydrogen-bond acceptors (Lipinski definition) is 2. The van der Waals surface area contributed by atoms with E-state index in [9.17, 15) is 0 Å². The lowest BCUT2D eigenvalue weighted by molar-refractivity contribution is 0.414. The minimum absolute atomic E-state index is 0.0687. The summed E-state index contributed by atoms with van der Waals surface area (Å²) in [5, 5.41) is 0. The van der Waals surface area contributed by atoms with E-state index < -0.39 is 0 Å². The number of hydrogen-bond donors (Lipinski definition) is 0. The molecule has 2 heteroatoms. The third-order valence-corrected chi connectivity index (χ3v) is 6.42. The van der Waals surface area contributed by atoms with Crippen LogP contribution in [-0.4, -0.2) is 14.2 Å². The highest BCUT2D eigenvalue weighted by Gasteiger charge is 2.40. The first-order chi connectivity index (χ1) is 15.3. The summed E-state index contributed by atoms with van der Waals surface area (Å²) in [6.45, 7) is 6.94. The molecule has 0 heterocycles. The van der Waals surface area contributed by atoms with Gasteiger partial charge in [0.05, 0.1) is 14.2 Å². The topological polar surface area (TPSA) is 18.5 Å². The van der Waals surface area contributed by atoms with Gasteiger partial charge in [-0.1, -0.05) is 87.5 Å². The predicted molar refractivity (Wildman–Crippen MR) is 134 cm³/mol. The summed E-state index contributed by atoms with van der Waals surface area (Å²) in [4.78, 5) is 0. The average molecular weight is 425 g/mol. The molecule has 0 aromatic heterocycles. The molecule has 3 aromatic carbocycles. The molecule has 32 heavy (non-hydrogen) atoms. The molecular formula is C30H32O2. The monoisotopic (exact) mass is 424 g/mol. The van der Waals surface area contributed by atoms with Gasteiger partial charge in [0.15, 0.2) is 0 Å². The zero-order valence-electron chi connectivity index (χ0n) is 19.7. The maximum Gasteiger partial charge on any atom is 0.118 e. The molecule has 4 rings (SSSR count). The molecule has 0 saturated carbocycles. The van der Waals surface area contributed by atoms with Crippen LogP contribution in [0.15, 0.2) is 91.0 Å². The van der Waals surface area contributed by atoms with Gasteiger partial charge in [-0.25, -0.2) is 0 Å². The molecule has 0 N–H and O–H groups in total. The third kappa shape index (κ3) is 4.36. The van der Waals surface area contributed by atoms with E-state index in [1.165, 1.54) is 27.8 Å². The quantitative estimate of drug-likeness (QED) is 0.409. The van der Waals surface area contributed by atoms with E-state index in [4.69, 9.17) is 9.47 Å². The van der Waals surface area contributed by atoms with Crippen LogP contribution in [0.3, 0.4) is 0 Å². The van der Waals surface area contributed by atoms with E-state index >= 15 is 0 Å². The van der Waals surface area contributed by atoms with Crippen molar-refractivity contribution in [2.75, 3.05) is 14.2 Å². The Hall–Kier alpha value is -3.26. The van der Waals surface area contributed by atoms with E-state index in [0.29, 0.717) is 0 Å². The van der Waals surface area contributed by atoms with Gasteiger partial charge in [-0.2, -0.15) is 0 Å². The normalized spacial score (nSPS) is 16.7. The van der Waals surface area contributed by atoms with Gasteiger partial charge in [0.2, 0.25) is 0 Å². The molecule has 0 spiro atoms. The first-order valence-corrected chi connectivity index (χ1v) is 11.1. The second-order valence-electron chi connectivity index (χ2n) is 9.39. The van der Waals surface area contributed by atoms with Crippen molar-refractivity contribution in [3.63, 3.8) is 0 Å². The number of ether oxygens (including phenoxy) is 2. The van der Waals surface area contributed by atoms with Gasteiger partial charge < -0.3 is 9.47 Å². The Morgan fingerprint density at radius 1 is 0.594 bits per heavy atom. The largest absolute Gasteiger partial charge is 0.497 e. The zero-order valence-corrected chi connectivity index (χ0v) is 19.7. The van der Waals surface area contributed by atoms with Crippen LogP contribution in [0.5, 0.6) is 11.5 Å². The van der Waals surface area contributed by atoms with Crippen molar-refractivity contribution in [2.24, 2.45) is 10.8 Å². The van der Waals surface area contributed by atoms with Gasteiger partial charge in [0, 0.05) is 10.8 Å². The van der Waals surface area contributed by atoms with Gasteiger partial charge in [-0.05, 0) is 58.5 Å². The van der Waals surface area contributed by atoms with Crippen LogP contribution < -0.4 is 9.47 Å². The Bertz CT molecular complexity index is 1050. The van der Waals surface area contributed by atoms with E-state index in [1.54, 1.807) is 14.2 Å². The standard InChI is InChI=1S/C30H32O2/c1-29(2)20-27(23-11-15-25(31-4)16-12-23)30(3,19-22-9-7-6-8-10-22)28(21-29)24-13-17-26(32-5)18-14-24/h6-18,20-21H,19H2,1-5H3. The molecule has 0 unspecified atom stereocenters. The van der Waals surface area contributed by atoms with Crippen LogP contribution in [0.2, 0.25) is 0 Å². The number of benzene rings is 3. The molecule has 2 nitrogen and oxygen atoms in total. The molecule has 0 atom stereocenters. The fraction of sp³-hybridized carbons (Fsp3) is 0.267. The average Bonchev–Trinajstić information content (AvgIpc) is 2.81. The molecular weight excluding hydrogens is 392 g/mol. The summed E-state index contributed by atoms with van der Waals surface area (Å²) in [6.07, 6.45) is 5.79. The lowest BCUT2D eigenvalue weighted by Crippen LogP contribution is -2.29. The molecule has 0 aliphatic heterocycles. The van der Waals surface area contributed by atoms with Crippen molar-refractivity contribution in [1.82, 2.24) is 0 Å². The predicted octanol–water partition coefficient (Wildman–Crippen LogP) is 7.46. The highest BCUT2D eigenvalue weighted by atomic mass is 16.5. The van der Waals surface area contributed by atoms with E-state index in [-0.39, 0.29) is 10.8 Å². The third-order valence-electron chi connectivity index (χ3n) is 6.42. The summed E-state index contributed by atoms with van der Waals surface area (Å²) in [5.74, 6) is 1.75. The Labute approximate surface area is 192 Å². The molecule has 0 fully saturated rings. The van der Waals surface area contributed by atoms with Gasteiger partial charge >= 0.3 is 0 Å². The molecule has 3 aromatic rings. The Morgan fingerprint density at radius 2 is 1.03 bits per heavy atom. The maximum absolute atomic E-state index is 5.41. The number of allylic oxidation sites excluding steroid dienone is 4. The molecule has 164 valence electrons. The fourth-order valence-corrected chi connectivity index (χ4v) is 4.79. The highest BCUT2D eigenvalue weighted by Crippen LogP contribution is 2.54. The van der Waals surface area contributed by atoms with Crippen LogP contribution in [0.4, 0.5) is 0 Å². The summed E-state index contributed by atoms with van der Waals surface area (Å²) in [7, 11) is 3.42. The molecule has 0 saturated heterocycles. The summed E-state index contributed by atoms with van der Waals surface area (Å²) < 4.78 is 10.8. The lowest BCUT2D eigenvalue weighted by atomic mass is 9.61. The molecule has 0 radical (unpaired) electrons. The number of methoxy groups -OCH3 is 2. The van der Waals surface area contributed by atoms with Crippen LogP contribution >= 0.6 is 0 Å². The van der Waals surface area contributed by atoms with Crippen LogP contribution in [-0.2, 0) is 6.42 Å². The molecule has 0 amide bonds. The minimum Gasteiger partial charge on any atom is -0.497 e. The minimum atomic E-state index is -0.194. The van der Waals surface area contributed by atoms with Crippen LogP contribution in [0.25, 0.3) is 11.1 Å². The van der Waals surface area contributed by atoms with E-state index in [1.807, 2.05) is 0 Å². The van der Waals surface area contributed by atoms with Gasteiger partial charge in [0.25, 0.3) is 0 Å². The number of rotatable bonds is 6. The zero-order chi connectivity index (χ0) is 22.8. The summed E-state index contributed by atoms with van der Waals surface area (Å²) >= 11 is 0. The van der Waals surface area contributed by atoms with Gasteiger partial charge in [-0.15, -0.1) is 0 Å². The van der Waals surface area contributed by atoms with Gasteiger partial charge in [-0.3, -0.25) is 0 Å². The second-order valence-corrected chi connectivity index (χ2v) is 9.39. The Balaban J connectivity index is 1.88. The SMILES string of the molecule is COc1ccc(C2=CC(C)(C)C=C(c3ccc(OC)cc3)C2(C)Cc2ccccc2)cc1. The smallest absolute Gasteiger partial charge is 0.118 e. The maximum atomic E-state index is 5.41. The molecule has 1 aliphatic carbocycles. The second kappa shape index (κ2) is 8.70. The Morgan fingerprint density at radius 3 is 1.44 bits per heavy atom. The van der Waals surface area contributed by atoms with Crippen LogP contribution in [0.1, 0.15) is 37.5 Å². The van der Waals surface area contributed by atoms with E-state index in [0.717, 1.165) is 17.9 Å². The first kappa shape index (κ1) is 22.0. The van der Waals surface area contributed by atoms with Crippen molar-refractivity contribution < 1.29 is 9.47 Å². The van der Waals surface area contributed by atoms with Crippen molar-refractivity contribution in [2.45, 2.75) is 27.2 Å². The highest BCUT2D eigenvalue weighted by molar-refractivity contribution is 5.90. The molecule has 1 aliphatic rings. The lowest BCUT2D eigenvalue weighted by Gasteiger charge is -2.42. The summed E-state index contributed by atoms with van der Waals surface area (Å²) in [5.41, 5.74) is 6.23. The van der Waals surface area contributed by atoms with E-state index in [2.05, 4.69) is 112 Å². The van der Waals surface area contributed by atoms with Crippen molar-refractivity contribution in [3.8, 4) is 11.5 Å². The fourth-order valence-electron chi connectivity index (χ4n) is 4.79.